The van der Waals surface area contributed by atoms with Crippen LogP contribution in [-0.4, -0.2) is 35.0 Å². The Morgan fingerprint density at radius 3 is 2.33 bits per heavy atom. The number of carbonyl (C=O) groups is 2. The summed E-state index contributed by atoms with van der Waals surface area (Å²) in [5.74, 6) is -1.04. The Balaban J connectivity index is 2.74. The lowest BCUT2D eigenvalue weighted by atomic mass is 10.1. The van der Waals surface area contributed by atoms with Crippen molar-refractivity contribution in [3.63, 3.8) is 0 Å². The molecule has 1 aromatic rings. The predicted octanol–water partition coefficient (Wildman–Crippen LogP) is 2.83. The number of aryl methyl sites for hydroxylation is 1. The standard InChI is InChI=1S/C17H23NO3/c1-4-14-5-7-15(8-6-14)9-10-16(19)18(11-13(2)3)12-17(20)21/h5-10,13H,4,11-12H2,1-3H3,(H,20,21). The highest BCUT2D eigenvalue weighted by atomic mass is 16.4. The number of rotatable bonds is 7. The topological polar surface area (TPSA) is 57.6 Å². The zero-order valence-electron chi connectivity index (χ0n) is 12.9. The number of nitrogens with zero attached hydrogens (tertiary/aromatic N) is 1. The first-order valence-corrected chi connectivity index (χ1v) is 7.20. The molecular formula is C17H23NO3. The first-order valence-electron chi connectivity index (χ1n) is 7.20. The molecule has 0 atom stereocenters. The third-order valence-electron chi connectivity index (χ3n) is 3.03. The summed E-state index contributed by atoms with van der Waals surface area (Å²) < 4.78 is 0. The lowest BCUT2D eigenvalue weighted by Crippen LogP contribution is -2.37. The van der Waals surface area contributed by atoms with Crippen molar-refractivity contribution in [3.05, 3.63) is 41.5 Å². The average molecular weight is 289 g/mol. The van der Waals surface area contributed by atoms with Gasteiger partial charge in [0, 0.05) is 12.6 Å². The number of hydrogen-bond acceptors (Lipinski definition) is 2. The van der Waals surface area contributed by atoms with Crippen molar-refractivity contribution in [1.29, 1.82) is 0 Å². The molecule has 0 bridgehead atoms. The molecule has 0 aliphatic carbocycles. The maximum atomic E-state index is 12.1. The molecule has 1 N–H and O–H groups in total. The SMILES string of the molecule is CCc1ccc(C=CC(=O)N(CC(=O)O)CC(C)C)cc1. The van der Waals surface area contributed by atoms with Gasteiger partial charge < -0.3 is 10.0 Å². The lowest BCUT2D eigenvalue weighted by molar-refractivity contribution is -0.143. The van der Waals surface area contributed by atoms with Crippen LogP contribution in [-0.2, 0) is 16.0 Å². The Hall–Kier alpha value is -2.10. The average Bonchev–Trinajstić information content (AvgIpc) is 2.43. The van der Waals surface area contributed by atoms with Crippen molar-refractivity contribution >= 4 is 18.0 Å². The van der Waals surface area contributed by atoms with E-state index in [1.807, 2.05) is 38.1 Å². The van der Waals surface area contributed by atoms with Crippen LogP contribution in [0.1, 0.15) is 31.9 Å². The van der Waals surface area contributed by atoms with Crippen molar-refractivity contribution in [3.8, 4) is 0 Å². The minimum Gasteiger partial charge on any atom is -0.480 e. The van der Waals surface area contributed by atoms with Crippen LogP contribution in [0.4, 0.5) is 0 Å². The molecule has 114 valence electrons. The molecule has 4 nitrogen and oxygen atoms in total. The first-order chi connectivity index (χ1) is 9.92. The van der Waals surface area contributed by atoms with E-state index in [4.69, 9.17) is 5.11 Å². The van der Waals surface area contributed by atoms with Crippen LogP contribution in [0, 0.1) is 5.92 Å². The molecule has 0 unspecified atom stereocenters. The molecule has 0 aromatic heterocycles. The summed E-state index contributed by atoms with van der Waals surface area (Å²) in [6.45, 7) is 6.16. The van der Waals surface area contributed by atoms with Gasteiger partial charge in [0.2, 0.25) is 5.91 Å². The number of carboxylic acid groups (broad SMARTS) is 1. The summed E-state index contributed by atoms with van der Waals surface area (Å²) in [6.07, 6.45) is 4.13. The summed E-state index contributed by atoms with van der Waals surface area (Å²) >= 11 is 0. The van der Waals surface area contributed by atoms with Crippen molar-refractivity contribution in [1.82, 2.24) is 4.90 Å². The number of carbonyl (C=O) groups excluding carboxylic acids is 1. The van der Waals surface area contributed by atoms with E-state index in [9.17, 15) is 9.59 Å². The number of aliphatic carboxylic acids is 1. The van der Waals surface area contributed by atoms with Gasteiger partial charge >= 0.3 is 5.97 Å². The van der Waals surface area contributed by atoms with Gasteiger partial charge in [-0.1, -0.05) is 45.0 Å². The second-order valence-electron chi connectivity index (χ2n) is 5.43. The van der Waals surface area contributed by atoms with Gasteiger partial charge in [0.1, 0.15) is 6.54 Å². The van der Waals surface area contributed by atoms with Crippen LogP contribution in [0.15, 0.2) is 30.3 Å². The molecule has 0 saturated heterocycles. The van der Waals surface area contributed by atoms with Gasteiger partial charge in [-0.2, -0.15) is 0 Å². The Labute approximate surface area is 126 Å². The van der Waals surface area contributed by atoms with Gasteiger partial charge in [0.05, 0.1) is 0 Å². The van der Waals surface area contributed by atoms with E-state index >= 15 is 0 Å². The number of carboxylic acids is 1. The van der Waals surface area contributed by atoms with E-state index in [0.29, 0.717) is 6.54 Å². The molecule has 4 heteroatoms. The number of hydrogen-bond donors (Lipinski definition) is 1. The molecule has 0 saturated carbocycles. The van der Waals surface area contributed by atoms with E-state index in [1.54, 1.807) is 6.08 Å². The second-order valence-corrected chi connectivity index (χ2v) is 5.43. The first kappa shape index (κ1) is 17.0. The summed E-state index contributed by atoms with van der Waals surface area (Å²) in [7, 11) is 0. The second kappa shape index (κ2) is 8.25. The molecule has 1 aromatic carbocycles. The fourth-order valence-corrected chi connectivity index (χ4v) is 1.97. The zero-order chi connectivity index (χ0) is 15.8. The zero-order valence-corrected chi connectivity index (χ0v) is 12.9. The van der Waals surface area contributed by atoms with E-state index in [-0.39, 0.29) is 18.4 Å². The van der Waals surface area contributed by atoms with E-state index < -0.39 is 5.97 Å². The molecule has 1 rings (SSSR count). The molecule has 0 radical (unpaired) electrons. The van der Waals surface area contributed by atoms with Crippen molar-refractivity contribution in [2.75, 3.05) is 13.1 Å². The monoisotopic (exact) mass is 289 g/mol. The molecule has 0 aliphatic rings. The van der Waals surface area contributed by atoms with Crippen LogP contribution < -0.4 is 0 Å². The maximum Gasteiger partial charge on any atom is 0.323 e. The highest BCUT2D eigenvalue weighted by molar-refractivity contribution is 5.93. The quantitative estimate of drug-likeness (QED) is 0.785. The van der Waals surface area contributed by atoms with Crippen molar-refractivity contribution in [2.45, 2.75) is 27.2 Å². The third-order valence-corrected chi connectivity index (χ3v) is 3.03. The van der Waals surface area contributed by atoms with Gasteiger partial charge in [-0.25, -0.2) is 0 Å². The van der Waals surface area contributed by atoms with Crippen LogP contribution in [0.25, 0.3) is 6.08 Å². The van der Waals surface area contributed by atoms with Crippen LogP contribution in [0.3, 0.4) is 0 Å². The molecule has 0 aliphatic heterocycles. The molecule has 0 fully saturated rings. The Morgan fingerprint density at radius 1 is 1.24 bits per heavy atom. The molecule has 0 spiro atoms. The predicted molar refractivity (Wildman–Crippen MR) is 83.9 cm³/mol. The van der Waals surface area contributed by atoms with Crippen LogP contribution >= 0.6 is 0 Å². The molecule has 1 amide bonds. The minimum atomic E-state index is -0.996. The summed E-state index contributed by atoms with van der Waals surface area (Å²) in [4.78, 5) is 24.3. The largest absolute Gasteiger partial charge is 0.480 e. The van der Waals surface area contributed by atoms with Crippen LogP contribution in [0.2, 0.25) is 0 Å². The van der Waals surface area contributed by atoms with Crippen LogP contribution in [0.5, 0.6) is 0 Å². The Morgan fingerprint density at radius 2 is 1.86 bits per heavy atom. The summed E-state index contributed by atoms with van der Waals surface area (Å²) in [5.41, 5.74) is 2.17. The highest BCUT2D eigenvalue weighted by Gasteiger charge is 2.15. The smallest absolute Gasteiger partial charge is 0.323 e. The number of amides is 1. The Kier molecular flexibility index (Phi) is 6.66. The molecule has 0 heterocycles. The number of benzene rings is 1. The summed E-state index contributed by atoms with van der Waals surface area (Å²) in [5, 5.41) is 8.87. The van der Waals surface area contributed by atoms with Gasteiger partial charge in [0.15, 0.2) is 0 Å². The molecular weight excluding hydrogens is 266 g/mol. The van der Waals surface area contributed by atoms with Gasteiger partial charge in [-0.15, -0.1) is 0 Å². The van der Waals surface area contributed by atoms with Gasteiger partial charge in [0.25, 0.3) is 0 Å². The van der Waals surface area contributed by atoms with E-state index in [1.165, 1.54) is 16.5 Å². The van der Waals surface area contributed by atoms with E-state index in [2.05, 4.69) is 6.92 Å². The fourth-order valence-electron chi connectivity index (χ4n) is 1.97. The normalized spacial score (nSPS) is 11.0. The fraction of sp³-hybridized carbons (Fsp3) is 0.412. The lowest BCUT2D eigenvalue weighted by Gasteiger charge is -2.21. The van der Waals surface area contributed by atoms with E-state index in [0.717, 1.165) is 12.0 Å². The Bertz CT molecular complexity index is 503. The minimum absolute atomic E-state index is 0.227. The third kappa shape index (κ3) is 6.25. The van der Waals surface area contributed by atoms with Gasteiger partial charge in [-0.05, 0) is 29.5 Å². The van der Waals surface area contributed by atoms with Crippen molar-refractivity contribution in [2.24, 2.45) is 5.92 Å². The maximum absolute atomic E-state index is 12.1. The molecule has 21 heavy (non-hydrogen) atoms. The summed E-state index contributed by atoms with van der Waals surface area (Å²) in [6, 6.07) is 7.94. The highest BCUT2D eigenvalue weighted by Crippen LogP contribution is 2.08. The van der Waals surface area contributed by atoms with Crippen molar-refractivity contribution < 1.29 is 14.7 Å². The van der Waals surface area contributed by atoms with Gasteiger partial charge in [-0.3, -0.25) is 9.59 Å².